The standard InChI is InChI=1S/C34H28IN3O5S/c1-2-43-29-11-7-6-10-23(29)20-28(37-32(40)22-8-4-3-5-9-22)33(41)36-25-14-18-27(19-15-25)44-30-21-31(39)38(34(30)42)26-16-12-24(35)13-17-26/h3-20,30H,2,21H2,1H3,(H,36,41)(H,37,40)/b28-20-. The molecule has 0 aromatic heterocycles. The van der Waals surface area contributed by atoms with E-state index in [1.165, 1.54) is 16.7 Å². The van der Waals surface area contributed by atoms with Crippen molar-refractivity contribution in [3.63, 3.8) is 0 Å². The van der Waals surface area contributed by atoms with Crippen molar-refractivity contribution in [2.75, 3.05) is 16.8 Å². The summed E-state index contributed by atoms with van der Waals surface area (Å²) >= 11 is 3.48. The molecule has 1 aliphatic heterocycles. The molecule has 222 valence electrons. The normalized spacial score (nSPS) is 14.8. The van der Waals surface area contributed by atoms with Gasteiger partial charge >= 0.3 is 0 Å². The Morgan fingerprint density at radius 1 is 0.932 bits per heavy atom. The summed E-state index contributed by atoms with van der Waals surface area (Å²) in [5.41, 5.74) is 2.14. The Morgan fingerprint density at radius 2 is 1.61 bits per heavy atom. The lowest BCUT2D eigenvalue weighted by Gasteiger charge is -2.15. The number of carbonyl (C=O) groups is 4. The summed E-state index contributed by atoms with van der Waals surface area (Å²) in [5.74, 6) is -0.861. The molecule has 5 rings (SSSR count). The summed E-state index contributed by atoms with van der Waals surface area (Å²) in [6.45, 7) is 2.31. The molecule has 4 aromatic rings. The van der Waals surface area contributed by atoms with Crippen molar-refractivity contribution in [2.24, 2.45) is 0 Å². The van der Waals surface area contributed by atoms with Crippen molar-refractivity contribution >= 4 is 75.4 Å². The van der Waals surface area contributed by atoms with Gasteiger partial charge < -0.3 is 15.4 Å². The molecule has 4 amide bonds. The first kappa shape index (κ1) is 31.0. The van der Waals surface area contributed by atoms with E-state index in [4.69, 9.17) is 4.74 Å². The van der Waals surface area contributed by atoms with Gasteiger partial charge in [0.25, 0.3) is 11.8 Å². The number of thioether (sulfide) groups is 1. The number of anilines is 2. The van der Waals surface area contributed by atoms with Gasteiger partial charge in [-0.3, -0.25) is 19.2 Å². The van der Waals surface area contributed by atoms with Crippen LogP contribution in [0.5, 0.6) is 5.75 Å². The maximum absolute atomic E-state index is 13.5. The van der Waals surface area contributed by atoms with Crippen molar-refractivity contribution in [3.8, 4) is 5.75 Å². The van der Waals surface area contributed by atoms with E-state index in [1.807, 2.05) is 31.2 Å². The van der Waals surface area contributed by atoms with Crippen LogP contribution in [-0.4, -0.2) is 35.5 Å². The van der Waals surface area contributed by atoms with E-state index in [-0.39, 0.29) is 23.9 Å². The van der Waals surface area contributed by atoms with Crippen LogP contribution in [0, 0.1) is 3.57 Å². The molecule has 1 saturated heterocycles. The number of nitrogens with one attached hydrogen (secondary N) is 2. The van der Waals surface area contributed by atoms with Crippen LogP contribution in [-0.2, 0) is 14.4 Å². The zero-order valence-corrected chi connectivity index (χ0v) is 26.6. The summed E-state index contributed by atoms with van der Waals surface area (Å²) in [6, 6.07) is 30.1. The van der Waals surface area contributed by atoms with Gasteiger partial charge in [0.05, 0.1) is 17.5 Å². The second-order valence-corrected chi connectivity index (χ2v) is 12.2. The molecule has 1 aliphatic rings. The van der Waals surface area contributed by atoms with E-state index >= 15 is 0 Å². The van der Waals surface area contributed by atoms with Crippen LogP contribution in [0.2, 0.25) is 0 Å². The van der Waals surface area contributed by atoms with Gasteiger partial charge in [0.15, 0.2) is 0 Å². The first-order chi connectivity index (χ1) is 21.3. The first-order valence-electron chi connectivity index (χ1n) is 13.8. The third-order valence-corrected chi connectivity index (χ3v) is 8.54. The van der Waals surface area contributed by atoms with E-state index in [0.29, 0.717) is 34.9 Å². The maximum Gasteiger partial charge on any atom is 0.272 e. The Labute approximate surface area is 273 Å². The Morgan fingerprint density at radius 3 is 2.32 bits per heavy atom. The monoisotopic (exact) mass is 717 g/mol. The molecule has 0 radical (unpaired) electrons. The summed E-state index contributed by atoms with van der Waals surface area (Å²) < 4.78 is 6.72. The second kappa shape index (κ2) is 14.4. The lowest BCUT2D eigenvalue weighted by Crippen LogP contribution is -2.31. The van der Waals surface area contributed by atoms with Crippen molar-refractivity contribution in [3.05, 3.63) is 124 Å². The van der Waals surface area contributed by atoms with Gasteiger partial charge in [0.2, 0.25) is 11.8 Å². The highest BCUT2D eigenvalue weighted by Gasteiger charge is 2.40. The lowest BCUT2D eigenvalue weighted by atomic mass is 10.1. The lowest BCUT2D eigenvalue weighted by molar-refractivity contribution is -0.121. The van der Waals surface area contributed by atoms with Crippen LogP contribution in [0.1, 0.15) is 29.3 Å². The van der Waals surface area contributed by atoms with Crippen molar-refractivity contribution in [1.82, 2.24) is 5.32 Å². The number of rotatable bonds is 10. The number of benzene rings is 4. The smallest absolute Gasteiger partial charge is 0.272 e. The highest BCUT2D eigenvalue weighted by molar-refractivity contribution is 14.1. The SMILES string of the molecule is CCOc1ccccc1/C=C(\NC(=O)c1ccccc1)C(=O)Nc1ccc(SC2CC(=O)N(c3ccc(I)cc3)C2=O)cc1. The van der Waals surface area contributed by atoms with Gasteiger partial charge in [0, 0.05) is 31.7 Å². The van der Waals surface area contributed by atoms with E-state index in [2.05, 4.69) is 33.2 Å². The summed E-state index contributed by atoms with van der Waals surface area (Å²) in [7, 11) is 0. The first-order valence-corrected chi connectivity index (χ1v) is 15.8. The number of hydrogen-bond donors (Lipinski definition) is 2. The Balaban J connectivity index is 1.30. The molecular weight excluding hydrogens is 689 g/mol. The highest BCUT2D eigenvalue weighted by Crippen LogP contribution is 2.34. The molecule has 1 fully saturated rings. The number of halogens is 1. The van der Waals surface area contributed by atoms with Crippen LogP contribution in [0.15, 0.2) is 114 Å². The topological polar surface area (TPSA) is 105 Å². The fraction of sp³-hybridized carbons (Fsp3) is 0.118. The van der Waals surface area contributed by atoms with Gasteiger partial charge in [-0.1, -0.05) is 36.4 Å². The fourth-order valence-corrected chi connectivity index (χ4v) is 5.94. The number of imide groups is 1. The predicted octanol–water partition coefficient (Wildman–Crippen LogP) is 6.52. The van der Waals surface area contributed by atoms with E-state index < -0.39 is 17.1 Å². The third-order valence-electron chi connectivity index (χ3n) is 6.63. The van der Waals surface area contributed by atoms with Crippen LogP contribution in [0.3, 0.4) is 0 Å². The number of hydrogen-bond acceptors (Lipinski definition) is 6. The van der Waals surface area contributed by atoms with Crippen LogP contribution in [0.25, 0.3) is 6.08 Å². The van der Waals surface area contributed by atoms with Gasteiger partial charge in [-0.25, -0.2) is 4.90 Å². The number of ether oxygens (including phenoxy) is 1. The highest BCUT2D eigenvalue weighted by atomic mass is 127. The minimum absolute atomic E-state index is 0.0372. The van der Waals surface area contributed by atoms with Gasteiger partial charge in [-0.15, -0.1) is 11.8 Å². The Bertz CT molecular complexity index is 1710. The third kappa shape index (κ3) is 7.56. The van der Waals surface area contributed by atoms with Crippen molar-refractivity contribution < 1.29 is 23.9 Å². The zero-order valence-electron chi connectivity index (χ0n) is 23.7. The molecule has 0 aliphatic carbocycles. The van der Waals surface area contributed by atoms with Gasteiger partial charge in [-0.05, 0) is 102 Å². The predicted molar refractivity (Wildman–Crippen MR) is 180 cm³/mol. The van der Waals surface area contributed by atoms with Crippen molar-refractivity contribution in [1.29, 1.82) is 0 Å². The fourth-order valence-electron chi connectivity index (χ4n) is 4.52. The minimum Gasteiger partial charge on any atom is -0.493 e. The van der Waals surface area contributed by atoms with Crippen LogP contribution in [0.4, 0.5) is 11.4 Å². The number of carbonyl (C=O) groups excluding carboxylic acids is 4. The van der Waals surface area contributed by atoms with E-state index in [0.717, 1.165) is 8.47 Å². The molecule has 0 saturated carbocycles. The van der Waals surface area contributed by atoms with Crippen LogP contribution >= 0.6 is 34.4 Å². The molecule has 2 N–H and O–H groups in total. The molecule has 8 nitrogen and oxygen atoms in total. The second-order valence-electron chi connectivity index (χ2n) is 9.68. The average Bonchev–Trinajstić information content (AvgIpc) is 3.31. The maximum atomic E-state index is 13.5. The largest absolute Gasteiger partial charge is 0.493 e. The quantitative estimate of drug-likeness (QED) is 0.110. The molecule has 4 aromatic carbocycles. The number of para-hydroxylation sites is 1. The molecule has 1 atom stereocenters. The van der Waals surface area contributed by atoms with E-state index in [9.17, 15) is 19.2 Å². The summed E-state index contributed by atoms with van der Waals surface area (Å²) in [4.78, 5) is 54.2. The molecular formula is C34H28IN3O5S. The molecule has 0 spiro atoms. The van der Waals surface area contributed by atoms with Gasteiger partial charge in [-0.2, -0.15) is 0 Å². The molecule has 44 heavy (non-hydrogen) atoms. The van der Waals surface area contributed by atoms with E-state index in [1.54, 1.807) is 84.9 Å². The Hall–Kier alpha value is -4.42. The molecule has 1 unspecified atom stereocenters. The average molecular weight is 718 g/mol. The van der Waals surface area contributed by atoms with Crippen LogP contribution < -0.4 is 20.3 Å². The molecule has 0 bridgehead atoms. The number of amides is 4. The zero-order chi connectivity index (χ0) is 31.1. The summed E-state index contributed by atoms with van der Waals surface area (Å²) in [6.07, 6.45) is 1.68. The van der Waals surface area contributed by atoms with Crippen molar-refractivity contribution in [2.45, 2.75) is 23.5 Å². The van der Waals surface area contributed by atoms with Gasteiger partial charge in [0.1, 0.15) is 11.4 Å². The molecule has 10 heteroatoms. The summed E-state index contributed by atoms with van der Waals surface area (Å²) in [5, 5.41) is 5.03. The minimum atomic E-state index is -0.546. The Kier molecular flexibility index (Phi) is 10.1. The number of nitrogens with zero attached hydrogens (tertiary/aromatic N) is 1. The molecule has 1 heterocycles.